The molecule has 0 aromatic rings. The summed E-state index contributed by atoms with van der Waals surface area (Å²) in [5, 5.41) is 0. The van der Waals surface area contributed by atoms with Gasteiger partial charge in [0.1, 0.15) is 0 Å². The fourth-order valence-corrected chi connectivity index (χ4v) is 2.53. The van der Waals surface area contributed by atoms with E-state index in [9.17, 15) is 9.59 Å². The van der Waals surface area contributed by atoms with Crippen LogP contribution in [-0.4, -0.2) is 37.4 Å². The van der Waals surface area contributed by atoms with Crippen molar-refractivity contribution in [2.45, 2.75) is 64.1 Å². The third-order valence-corrected chi connectivity index (χ3v) is 3.89. The number of carbonyl (C=O) groups excluding carboxylic acids is 2. The van der Waals surface area contributed by atoms with E-state index in [2.05, 4.69) is 0 Å². The van der Waals surface area contributed by atoms with Gasteiger partial charge in [-0.05, 0) is 31.6 Å². The number of esters is 2. The molecular formula is C15H24O5. The second-order valence-corrected chi connectivity index (χ2v) is 5.65. The maximum absolute atomic E-state index is 11.6. The van der Waals surface area contributed by atoms with Crippen molar-refractivity contribution in [3.05, 3.63) is 0 Å². The van der Waals surface area contributed by atoms with Gasteiger partial charge in [-0.1, -0.05) is 13.3 Å². The monoisotopic (exact) mass is 284 g/mol. The molecule has 0 spiro atoms. The molecule has 2 aliphatic rings. The third kappa shape index (κ3) is 5.12. The van der Waals surface area contributed by atoms with Crippen LogP contribution >= 0.6 is 0 Å². The Morgan fingerprint density at radius 2 is 1.85 bits per heavy atom. The molecule has 1 heterocycles. The Morgan fingerprint density at radius 3 is 2.55 bits per heavy atom. The van der Waals surface area contributed by atoms with Crippen molar-refractivity contribution < 1.29 is 23.8 Å². The number of hydrogen-bond acceptors (Lipinski definition) is 5. The number of fused-ring (bicyclic) bond motifs is 1. The van der Waals surface area contributed by atoms with Gasteiger partial charge in [0, 0.05) is 0 Å². The molecule has 0 radical (unpaired) electrons. The van der Waals surface area contributed by atoms with E-state index in [-0.39, 0.29) is 24.8 Å². The number of carbonyl (C=O) groups is 2. The van der Waals surface area contributed by atoms with Crippen molar-refractivity contribution in [1.82, 2.24) is 0 Å². The highest BCUT2D eigenvalue weighted by atomic mass is 16.6. The quantitative estimate of drug-likeness (QED) is 0.388. The van der Waals surface area contributed by atoms with E-state index in [1.165, 1.54) is 0 Å². The Morgan fingerprint density at radius 1 is 1.10 bits per heavy atom. The minimum absolute atomic E-state index is 0.111. The summed E-state index contributed by atoms with van der Waals surface area (Å²) < 4.78 is 15.6. The lowest BCUT2D eigenvalue weighted by molar-refractivity contribution is -0.151. The van der Waals surface area contributed by atoms with Gasteiger partial charge in [0.25, 0.3) is 0 Å². The van der Waals surface area contributed by atoms with Gasteiger partial charge in [-0.2, -0.15) is 0 Å². The topological polar surface area (TPSA) is 65.1 Å². The van der Waals surface area contributed by atoms with E-state index in [1.807, 2.05) is 6.92 Å². The minimum atomic E-state index is -0.317. The van der Waals surface area contributed by atoms with Crippen molar-refractivity contribution in [1.29, 1.82) is 0 Å². The SMILES string of the molecule is CCCCOC(=O)CCC(=O)OCC1CCC2OC2C1. The molecule has 0 amide bonds. The highest BCUT2D eigenvalue weighted by molar-refractivity contribution is 5.77. The lowest BCUT2D eigenvalue weighted by atomic mass is 9.90. The van der Waals surface area contributed by atoms with Crippen LogP contribution in [0.15, 0.2) is 0 Å². The molecule has 3 atom stereocenters. The zero-order valence-corrected chi connectivity index (χ0v) is 12.1. The molecule has 1 saturated heterocycles. The molecule has 0 bridgehead atoms. The Kier molecular flexibility index (Phi) is 5.83. The Balaban J connectivity index is 1.50. The molecule has 1 aliphatic carbocycles. The van der Waals surface area contributed by atoms with Crippen LogP contribution in [-0.2, 0) is 23.8 Å². The van der Waals surface area contributed by atoms with E-state index in [1.54, 1.807) is 0 Å². The van der Waals surface area contributed by atoms with E-state index in [0.717, 1.165) is 32.1 Å². The summed E-state index contributed by atoms with van der Waals surface area (Å²) in [6.45, 7) is 2.93. The predicted octanol–water partition coefficient (Wildman–Crippen LogP) is 2.22. The van der Waals surface area contributed by atoms with Crippen molar-refractivity contribution in [2.75, 3.05) is 13.2 Å². The molecule has 5 nitrogen and oxygen atoms in total. The van der Waals surface area contributed by atoms with Gasteiger partial charge in [-0.15, -0.1) is 0 Å². The molecule has 2 rings (SSSR count). The first kappa shape index (κ1) is 15.3. The van der Waals surface area contributed by atoms with Crippen molar-refractivity contribution in [2.24, 2.45) is 5.92 Å². The van der Waals surface area contributed by atoms with Crippen molar-refractivity contribution in [3.8, 4) is 0 Å². The van der Waals surface area contributed by atoms with Gasteiger partial charge in [0.15, 0.2) is 0 Å². The average molecular weight is 284 g/mol. The van der Waals surface area contributed by atoms with Crippen molar-refractivity contribution in [3.63, 3.8) is 0 Å². The van der Waals surface area contributed by atoms with Crippen LogP contribution in [0, 0.1) is 5.92 Å². The predicted molar refractivity (Wildman–Crippen MR) is 72.1 cm³/mol. The largest absolute Gasteiger partial charge is 0.466 e. The molecule has 114 valence electrons. The van der Waals surface area contributed by atoms with Crippen LogP contribution in [0.2, 0.25) is 0 Å². The van der Waals surface area contributed by atoms with Gasteiger partial charge in [0.05, 0.1) is 38.3 Å². The molecular weight excluding hydrogens is 260 g/mol. The second-order valence-electron chi connectivity index (χ2n) is 5.65. The summed E-state index contributed by atoms with van der Waals surface area (Å²) >= 11 is 0. The summed E-state index contributed by atoms with van der Waals surface area (Å²) in [6, 6.07) is 0. The summed E-state index contributed by atoms with van der Waals surface area (Å²) in [5.74, 6) is -0.210. The molecule has 0 N–H and O–H groups in total. The molecule has 1 saturated carbocycles. The van der Waals surface area contributed by atoms with Crippen LogP contribution < -0.4 is 0 Å². The van der Waals surface area contributed by atoms with Gasteiger partial charge in [-0.3, -0.25) is 9.59 Å². The first-order chi connectivity index (χ1) is 9.69. The van der Waals surface area contributed by atoms with E-state index >= 15 is 0 Å². The van der Waals surface area contributed by atoms with Gasteiger partial charge in [-0.25, -0.2) is 0 Å². The molecule has 3 unspecified atom stereocenters. The molecule has 2 fully saturated rings. The van der Waals surface area contributed by atoms with Crippen LogP contribution in [0.3, 0.4) is 0 Å². The average Bonchev–Trinajstić information content (AvgIpc) is 3.21. The standard InChI is InChI=1S/C15H24O5/c1-2-3-8-18-14(16)6-7-15(17)19-10-11-4-5-12-13(9-11)20-12/h11-13H,2-10H2,1H3. The van der Waals surface area contributed by atoms with Gasteiger partial charge in [0.2, 0.25) is 0 Å². The fourth-order valence-electron chi connectivity index (χ4n) is 2.53. The molecule has 0 aromatic carbocycles. The molecule has 5 heteroatoms. The number of unbranched alkanes of at least 4 members (excludes halogenated alkanes) is 1. The molecule has 1 aliphatic heterocycles. The number of hydrogen-bond donors (Lipinski definition) is 0. The van der Waals surface area contributed by atoms with Gasteiger partial charge >= 0.3 is 11.9 Å². The Hall–Kier alpha value is -1.10. The Bertz CT molecular complexity index is 341. The maximum atomic E-state index is 11.6. The molecule has 0 aromatic heterocycles. The summed E-state index contributed by atoms with van der Waals surface area (Å²) in [5.41, 5.74) is 0. The summed E-state index contributed by atoms with van der Waals surface area (Å²) in [7, 11) is 0. The number of epoxide rings is 1. The number of rotatable bonds is 8. The lowest BCUT2D eigenvalue weighted by Crippen LogP contribution is -2.20. The first-order valence-corrected chi connectivity index (χ1v) is 7.65. The van der Waals surface area contributed by atoms with E-state index in [0.29, 0.717) is 31.3 Å². The van der Waals surface area contributed by atoms with Crippen LogP contribution in [0.4, 0.5) is 0 Å². The fraction of sp³-hybridized carbons (Fsp3) is 0.867. The second kappa shape index (κ2) is 7.62. The maximum Gasteiger partial charge on any atom is 0.306 e. The van der Waals surface area contributed by atoms with Gasteiger partial charge < -0.3 is 14.2 Å². The van der Waals surface area contributed by atoms with E-state index < -0.39 is 0 Å². The highest BCUT2D eigenvalue weighted by Crippen LogP contribution is 2.39. The summed E-state index contributed by atoms with van der Waals surface area (Å²) in [4.78, 5) is 22.9. The van der Waals surface area contributed by atoms with Crippen LogP contribution in [0.25, 0.3) is 0 Å². The smallest absolute Gasteiger partial charge is 0.306 e. The van der Waals surface area contributed by atoms with Crippen molar-refractivity contribution >= 4 is 11.9 Å². The van der Waals surface area contributed by atoms with Crippen LogP contribution in [0.1, 0.15) is 51.9 Å². The summed E-state index contributed by atoms with van der Waals surface area (Å²) in [6.07, 6.45) is 6.09. The zero-order chi connectivity index (χ0) is 14.4. The Labute approximate surface area is 120 Å². The van der Waals surface area contributed by atoms with Crippen LogP contribution in [0.5, 0.6) is 0 Å². The van der Waals surface area contributed by atoms with E-state index in [4.69, 9.17) is 14.2 Å². The minimum Gasteiger partial charge on any atom is -0.466 e. The normalized spacial score (nSPS) is 27.6. The zero-order valence-electron chi connectivity index (χ0n) is 12.1. The lowest BCUT2D eigenvalue weighted by Gasteiger charge is -2.18. The highest BCUT2D eigenvalue weighted by Gasteiger charge is 2.43. The third-order valence-electron chi connectivity index (χ3n) is 3.89. The molecule has 20 heavy (non-hydrogen) atoms. The first-order valence-electron chi connectivity index (χ1n) is 7.65. The number of ether oxygens (including phenoxy) is 3.